The molecule has 0 atom stereocenters. The lowest BCUT2D eigenvalue weighted by Gasteiger charge is -2.05. The van der Waals surface area contributed by atoms with E-state index in [9.17, 15) is 0 Å². The van der Waals surface area contributed by atoms with E-state index in [0.717, 1.165) is 27.8 Å². The van der Waals surface area contributed by atoms with Crippen LogP contribution < -0.4 is 0 Å². The normalized spacial score (nSPS) is 10.7. The van der Waals surface area contributed by atoms with Gasteiger partial charge in [-0.3, -0.25) is 0 Å². The molecule has 1 heterocycles. The molecule has 0 fully saturated rings. The second-order valence-corrected chi connectivity index (χ2v) is 6.22. The highest BCUT2D eigenvalue weighted by Crippen LogP contribution is 2.32. The van der Waals surface area contributed by atoms with Gasteiger partial charge in [-0.05, 0) is 23.3 Å². The Morgan fingerprint density at radius 3 is 2.27 bits per heavy atom. The maximum absolute atomic E-state index is 6.47. The first-order valence-corrected chi connectivity index (χ1v) is 8.54. The molecule has 1 aromatic heterocycles. The molecule has 0 aliphatic carbocycles. The van der Waals surface area contributed by atoms with Crippen molar-refractivity contribution in [1.29, 1.82) is 0 Å². The van der Waals surface area contributed by atoms with Crippen LogP contribution in [-0.4, -0.2) is 10.1 Å². The predicted octanol–water partition coefficient (Wildman–Crippen LogP) is 6.37. The minimum atomic E-state index is 0.439. The van der Waals surface area contributed by atoms with Crippen molar-refractivity contribution in [3.05, 3.63) is 90.0 Å². The average Bonchev–Trinajstić information content (AvgIpc) is 3.19. The molecule has 4 heteroatoms. The van der Waals surface area contributed by atoms with E-state index in [1.165, 1.54) is 0 Å². The molecule has 0 bridgehead atoms. The number of halogens is 1. The number of rotatable bonds is 4. The van der Waals surface area contributed by atoms with Crippen molar-refractivity contribution in [3.63, 3.8) is 0 Å². The highest BCUT2D eigenvalue weighted by atomic mass is 35.5. The van der Waals surface area contributed by atoms with Crippen LogP contribution in [0.4, 0.5) is 0 Å². The second kappa shape index (κ2) is 6.98. The maximum atomic E-state index is 6.47. The van der Waals surface area contributed by atoms with E-state index in [0.29, 0.717) is 16.7 Å². The molecule has 0 unspecified atom stereocenters. The molecule has 0 aliphatic heterocycles. The fraction of sp³-hybridized carbons (Fsp3) is 0. The molecule has 0 N–H and O–H groups in total. The van der Waals surface area contributed by atoms with E-state index in [4.69, 9.17) is 16.1 Å². The van der Waals surface area contributed by atoms with Gasteiger partial charge in [-0.25, -0.2) is 0 Å². The van der Waals surface area contributed by atoms with Crippen molar-refractivity contribution < 1.29 is 4.52 Å². The van der Waals surface area contributed by atoms with E-state index in [2.05, 4.69) is 16.7 Å². The number of nitrogens with zero attached hydrogens (tertiary/aromatic N) is 2. The number of hydrogen-bond acceptors (Lipinski definition) is 3. The SMILES string of the molecule is C=Cc1ccc(-c2noc(-c3ccc(-c4ccccc4)c(Cl)c3)n2)cc1. The quantitative estimate of drug-likeness (QED) is 0.425. The highest BCUT2D eigenvalue weighted by molar-refractivity contribution is 6.33. The van der Waals surface area contributed by atoms with Crippen LogP contribution in [0.1, 0.15) is 5.56 Å². The van der Waals surface area contributed by atoms with Gasteiger partial charge in [-0.2, -0.15) is 4.98 Å². The number of benzene rings is 3. The molecule has 3 nitrogen and oxygen atoms in total. The van der Waals surface area contributed by atoms with Crippen LogP contribution in [0.15, 0.2) is 83.9 Å². The summed E-state index contributed by atoms with van der Waals surface area (Å²) in [6.45, 7) is 3.75. The molecular formula is C22H15ClN2O. The third-order valence-electron chi connectivity index (χ3n) is 4.13. The van der Waals surface area contributed by atoms with Crippen LogP contribution >= 0.6 is 11.6 Å². The third-order valence-corrected chi connectivity index (χ3v) is 4.44. The summed E-state index contributed by atoms with van der Waals surface area (Å²) < 4.78 is 5.42. The Hall–Kier alpha value is -3.17. The Balaban J connectivity index is 1.65. The van der Waals surface area contributed by atoms with E-state index < -0.39 is 0 Å². The molecule has 0 saturated heterocycles. The predicted molar refractivity (Wildman–Crippen MR) is 106 cm³/mol. The molecule has 0 aliphatic rings. The molecular weight excluding hydrogens is 344 g/mol. The molecule has 26 heavy (non-hydrogen) atoms. The van der Waals surface area contributed by atoms with Gasteiger partial charge in [0, 0.05) is 21.7 Å². The second-order valence-electron chi connectivity index (χ2n) is 5.81. The number of hydrogen-bond donors (Lipinski definition) is 0. The summed E-state index contributed by atoms with van der Waals surface area (Å²) in [6.07, 6.45) is 1.79. The third kappa shape index (κ3) is 3.17. The summed E-state index contributed by atoms with van der Waals surface area (Å²) in [5.74, 6) is 0.980. The van der Waals surface area contributed by atoms with Gasteiger partial charge in [0.05, 0.1) is 0 Å². The van der Waals surface area contributed by atoms with Gasteiger partial charge >= 0.3 is 0 Å². The zero-order valence-electron chi connectivity index (χ0n) is 13.9. The lowest BCUT2D eigenvalue weighted by Crippen LogP contribution is -1.84. The smallest absolute Gasteiger partial charge is 0.258 e. The molecule has 0 amide bonds. The average molecular weight is 359 g/mol. The van der Waals surface area contributed by atoms with Crippen molar-refractivity contribution in [2.45, 2.75) is 0 Å². The molecule has 0 spiro atoms. The van der Waals surface area contributed by atoms with E-state index in [1.807, 2.05) is 72.8 Å². The van der Waals surface area contributed by atoms with E-state index in [-0.39, 0.29) is 0 Å². The van der Waals surface area contributed by atoms with Crippen molar-refractivity contribution in [2.75, 3.05) is 0 Å². The van der Waals surface area contributed by atoms with Crippen molar-refractivity contribution in [2.24, 2.45) is 0 Å². The monoisotopic (exact) mass is 358 g/mol. The van der Waals surface area contributed by atoms with Crippen molar-refractivity contribution >= 4 is 17.7 Å². The topological polar surface area (TPSA) is 38.9 Å². The standard InChI is InChI=1S/C22H15ClN2O/c1-2-15-8-10-17(11-9-15)21-24-22(26-25-21)18-12-13-19(20(23)14-18)16-6-4-3-5-7-16/h2-14H,1H2. The lowest BCUT2D eigenvalue weighted by molar-refractivity contribution is 0.432. The fourth-order valence-electron chi connectivity index (χ4n) is 2.73. The summed E-state index contributed by atoms with van der Waals surface area (Å²) in [7, 11) is 0. The van der Waals surface area contributed by atoms with Gasteiger partial charge in [0.2, 0.25) is 5.82 Å². The first-order chi connectivity index (χ1) is 12.7. The molecule has 126 valence electrons. The van der Waals surface area contributed by atoms with Crippen molar-refractivity contribution in [1.82, 2.24) is 10.1 Å². The molecule has 0 radical (unpaired) electrons. The summed E-state index contributed by atoms with van der Waals surface area (Å²) in [5, 5.41) is 4.72. The molecule has 4 rings (SSSR count). The molecule has 3 aromatic carbocycles. The maximum Gasteiger partial charge on any atom is 0.258 e. The van der Waals surface area contributed by atoms with Crippen molar-refractivity contribution in [3.8, 4) is 34.0 Å². The van der Waals surface area contributed by atoms with Crippen LogP contribution in [0, 0.1) is 0 Å². The first kappa shape index (κ1) is 16.3. The summed E-state index contributed by atoms with van der Waals surface area (Å²) in [5.41, 5.74) is 4.75. The number of aromatic nitrogens is 2. The van der Waals surface area contributed by atoms with Gasteiger partial charge in [0.25, 0.3) is 5.89 Å². The molecule has 4 aromatic rings. The first-order valence-electron chi connectivity index (χ1n) is 8.16. The Bertz CT molecular complexity index is 1050. The zero-order chi connectivity index (χ0) is 17.9. The minimum Gasteiger partial charge on any atom is -0.334 e. The van der Waals surface area contributed by atoms with Crippen LogP contribution in [0.2, 0.25) is 5.02 Å². The van der Waals surface area contributed by atoms with Crippen LogP contribution in [0.5, 0.6) is 0 Å². The van der Waals surface area contributed by atoms with E-state index in [1.54, 1.807) is 6.08 Å². The fourth-order valence-corrected chi connectivity index (χ4v) is 3.02. The summed E-state index contributed by atoms with van der Waals surface area (Å²) >= 11 is 6.47. The van der Waals surface area contributed by atoms with Crippen LogP contribution in [0.25, 0.3) is 40.0 Å². The van der Waals surface area contributed by atoms with Gasteiger partial charge in [-0.1, -0.05) is 90.1 Å². The zero-order valence-corrected chi connectivity index (χ0v) is 14.6. The van der Waals surface area contributed by atoms with Crippen LogP contribution in [0.3, 0.4) is 0 Å². The van der Waals surface area contributed by atoms with Gasteiger partial charge in [-0.15, -0.1) is 0 Å². The van der Waals surface area contributed by atoms with Gasteiger partial charge in [0.15, 0.2) is 0 Å². The summed E-state index contributed by atoms with van der Waals surface area (Å²) in [6, 6.07) is 23.6. The minimum absolute atomic E-state index is 0.439. The molecule has 0 saturated carbocycles. The largest absolute Gasteiger partial charge is 0.334 e. The van der Waals surface area contributed by atoms with Gasteiger partial charge in [0.1, 0.15) is 0 Å². The Kier molecular flexibility index (Phi) is 4.38. The highest BCUT2D eigenvalue weighted by Gasteiger charge is 2.13. The Labute approximate surface area is 156 Å². The Morgan fingerprint density at radius 1 is 0.846 bits per heavy atom. The van der Waals surface area contributed by atoms with E-state index >= 15 is 0 Å². The Morgan fingerprint density at radius 2 is 1.58 bits per heavy atom. The van der Waals surface area contributed by atoms with Crippen LogP contribution in [-0.2, 0) is 0 Å². The lowest BCUT2D eigenvalue weighted by atomic mass is 10.0. The summed E-state index contributed by atoms with van der Waals surface area (Å²) in [4.78, 5) is 4.49. The van der Waals surface area contributed by atoms with Gasteiger partial charge < -0.3 is 4.52 Å².